The van der Waals surface area contributed by atoms with E-state index in [2.05, 4.69) is 27.7 Å². The fourth-order valence-electron chi connectivity index (χ4n) is 2.27. The monoisotopic (exact) mass is 288 g/mol. The summed E-state index contributed by atoms with van der Waals surface area (Å²) in [6.45, 7) is 10.8. The van der Waals surface area contributed by atoms with E-state index in [0.29, 0.717) is 0 Å². The summed E-state index contributed by atoms with van der Waals surface area (Å²) in [6, 6.07) is 2.18. The molecule has 116 valence electrons. The highest BCUT2D eigenvalue weighted by Gasteiger charge is 2.33. The van der Waals surface area contributed by atoms with Gasteiger partial charge >= 0.3 is 8.56 Å². The van der Waals surface area contributed by atoms with Crippen LogP contribution in [0.4, 0.5) is 0 Å². The Labute approximate surface area is 122 Å². The fourth-order valence-corrected chi connectivity index (χ4v) is 4.71. The van der Waals surface area contributed by atoms with Crippen LogP contribution >= 0.6 is 0 Å². The van der Waals surface area contributed by atoms with Crippen LogP contribution in [0, 0.1) is 0 Å². The minimum atomic E-state index is -1.86. The van der Waals surface area contributed by atoms with Gasteiger partial charge in [0.25, 0.3) is 0 Å². The molecule has 0 N–H and O–H groups in total. The lowest BCUT2D eigenvalue weighted by Gasteiger charge is -2.29. The molecule has 0 unspecified atom stereocenters. The molecule has 0 saturated heterocycles. The van der Waals surface area contributed by atoms with Crippen molar-refractivity contribution in [2.75, 3.05) is 13.2 Å². The lowest BCUT2D eigenvalue weighted by Crippen LogP contribution is -2.41. The molecule has 0 radical (unpaired) electrons. The first-order valence-corrected chi connectivity index (χ1v) is 10.8. The Morgan fingerprint density at radius 1 is 0.579 bits per heavy atom. The molecule has 0 atom stereocenters. The van der Waals surface area contributed by atoms with Crippen molar-refractivity contribution in [2.24, 2.45) is 0 Å². The number of unbranched alkanes of at least 4 members (excludes halogenated alkanes) is 6. The Hall–Kier alpha value is 0.137. The van der Waals surface area contributed by atoms with E-state index in [4.69, 9.17) is 8.85 Å². The lowest BCUT2D eigenvalue weighted by molar-refractivity contribution is 0.163. The van der Waals surface area contributed by atoms with Gasteiger partial charge in [0.05, 0.1) is 0 Å². The minimum Gasteiger partial charge on any atom is -0.394 e. The van der Waals surface area contributed by atoms with Gasteiger partial charge in [0.1, 0.15) is 0 Å². The van der Waals surface area contributed by atoms with E-state index < -0.39 is 8.56 Å². The first-order valence-electron chi connectivity index (χ1n) is 8.52. The standard InChI is InChI=1S/C16H36O2Si/c1-5-9-11-12-14-16-18-19(7-3,8-4)17-15-13-10-6-2/h5-16H2,1-4H3. The molecule has 0 rings (SSSR count). The van der Waals surface area contributed by atoms with Gasteiger partial charge in [-0.3, -0.25) is 0 Å². The van der Waals surface area contributed by atoms with E-state index in [1.807, 2.05) is 0 Å². The van der Waals surface area contributed by atoms with Crippen LogP contribution in [-0.2, 0) is 8.85 Å². The summed E-state index contributed by atoms with van der Waals surface area (Å²) in [6.07, 6.45) is 10.2. The molecule has 0 heterocycles. The van der Waals surface area contributed by atoms with E-state index in [-0.39, 0.29) is 0 Å². The highest BCUT2D eigenvalue weighted by Crippen LogP contribution is 2.20. The van der Waals surface area contributed by atoms with E-state index >= 15 is 0 Å². The number of rotatable bonds is 14. The SMILES string of the molecule is CCCCCCCO[Si](CC)(CC)OCCCCC. The maximum Gasteiger partial charge on any atom is 0.337 e. The normalized spacial score (nSPS) is 12.0. The van der Waals surface area contributed by atoms with Crippen LogP contribution in [0.5, 0.6) is 0 Å². The van der Waals surface area contributed by atoms with Crippen LogP contribution in [0.2, 0.25) is 12.1 Å². The second-order valence-electron chi connectivity index (χ2n) is 5.44. The molecular weight excluding hydrogens is 252 g/mol. The van der Waals surface area contributed by atoms with Crippen molar-refractivity contribution in [3.63, 3.8) is 0 Å². The summed E-state index contributed by atoms with van der Waals surface area (Å²) in [5.74, 6) is 0. The van der Waals surface area contributed by atoms with Crippen molar-refractivity contribution in [2.45, 2.75) is 91.1 Å². The van der Waals surface area contributed by atoms with Crippen molar-refractivity contribution in [1.82, 2.24) is 0 Å². The topological polar surface area (TPSA) is 18.5 Å². The third-order valence-electron chi connectivity index (χ3n) is 3.80. The second-order valence-corrected chi connectivity index (χ2v) is 9.25. The van der Waals surface area contributed by atoms with Crippen molar-refractivity contribution < 1.29 is 8.85 Å². The molecular formula is C16H36O2Si. The van der Waals surface area contributed by atoms with Gasteiger partial charge < -0.3 is 8.85 Å². The summed E-state index contributed by atoms with van der Waals surface area (Å²) < 4.78 is 12.4. The van der Waals surface area contributed by atoms with Crippen molar-refractivity contribution >= 4 is 8.56 Å². The van der Waals surface area contributed by atoms with Crippen LogP contribution in [0.1, 0.15) is 79.1 Å². The van der Waals surface area contributed by atoms with Crippen molar-refractivity contribution in [3.05, 3.63) is 0 Å². The molecule has 0 aromatic rings. The van der Waals surface area contributed by atoms with Crippen molar-refractivity contribution in [1.29, 1.82) is 0 Å². The van der Waals surface area contributed by atoms with Gasteiger partial charge in [-0.25, -0.2) is 0 Å². The van der Waals surface area contributed by atoms with E-state index in [1.165, 1.54) is 51.4 Å². The third-order valence-corrected chi connectivity index (χ3v) is 7.42. The summed E-state index contributed by atoms with van der Waals surface area (Å²) in [5.41, 5.74) is 0. The Bertz CT molecular complexity index is 182. The Kier molecular flexibility index (Phi) is 13.2. The zero-order valence-electron chi connectivity index (χ0n) is 13.8. The molecule has 19 heavy (non-hydrogen) atoms. The van der Waals surface area contributed by atoms with Crippen LogP contribution in [0.25, 0.3) is 0 Å². The highest BCUT2D eigenvalue weighted by molar-refractivity contribution is 6.67. The smallest absolute Gasteiger partial charge is 0.337 e. The summed E-state index contributed by atoms with van der Waals surface area (Å²) in [7, 11) is -1.86. The maximum absolute atomic E-state index is 6.21. The van der Waals surface area contributed by atoms with E-state index in [0.717, 1.165) is 25.3 Å². The molecule has 0 amide bonds. The minimum absolute atomic E-state index is 0.900. The van der Waals surface area contributed by atoms with Crippen LogP contribution in [0.3, 0.4) is 0 Å². The van der Waals surface area contributed by atoms with Crippen molar-refractivity contribution in [3.8, 4) is 0 Å². The lowest BCUT2D eigenvalue weighted by atomic mass is 10.2. The van der Waals surface area contributed by atoms with Crippen LogP contribution in [0.15, 0.2) is 0 Å². The molecule has 0 saturated carbocycles. The zero-order chi connectivity index (χ0) is 14.4. The molecule has 0 spiro atoms. The first kappa shape index (κ1) is 19.1. The highest BCUT2D eigenvalue weighted by atomic mass is 28.4. The maximum atomic E-state index is 6.21. The molecule has 0 aliphatic carbocycles. The van der Waals surface area contributed by atoms with Gasteiger partial charge in [-0.15, -0.1) is 0 Å². The average molecular weight is 289 g/mol. The Morgan fingerprint density at radius 2 is 1.00 bits per heavy atom. The molecule has 0 aliphatic heterocycles. The largest absolute Gasteiger partial charge is 0.394 e. The molecule has 0 aromatic heterocycles. The first-order chi connectivity index (χ1) is 9.24. The molecule has 3 heteroatoms. The van der Waals surface area contributed by atoms with E-state index in [9.17, 15) is 0 Å². The van der Waals surface area contributed by atoms with E-state index in [1.54, 1.807) is 0 Å². The summed E-state index contributed by atoms with van der Waals surface area (Å²) >= 11 is 0. The van der Waals surface area contributed by atoms with Gasteiger partial charge in [0, 0.05) is 13.2 Å². The number of hydrogen-bond donors (Lipinski definition) is 0. The quantitative estimate of drug-likeness (QED) is 0.303. The Balaban J connectivity index is 3.81. The van der Waals surface area contributed by atoms with Gasteiger partial charge in [0.15, 0.2) is 0 Å². The van der Waals surface area contributed by atoms with Crippen LogP contribution in [-0.4, -0.2) is 21.8 Å². The molecule has 0 aromatic carbocycles. The summed E-state index contributed by atoms with van der Waals surface area (Å²) in [5, 5.41) is 0. The van der Waals surface area contributed by atoms with Gasteiger partial charge in [0.2, 0.25) is 0 Å². The molecule has 0 bridgehead atoms. The summed E-state index contributed by atoms with van der Waals surface area (Å²) in [4.78, 5) is 0. The fraction of sp³-hybridized carbons (Fsp3) is 1.00. The number of hydrogen-bond acceptors (Lipinski definition) is 2. The molecule has 2 nitrogen and oxygen atoms in total. The zero-order valence-corrected chi connectivity index (χ0v) is 14.8. The molecule has 0 fully saturated rings. The van der Waals surface area contributed by atoms with Gasteiger partial charge in [-0.05, 0) is 24.9 Å². The van der Waals surface area contributed by atoms with Gasteiger partial charge in [-0.1, -0.05) is 66.2 Å². The average Bonchev–Trinajstić information content (AvgIpc) is 2.45. The third kappa shape index (κ3) is 9.64. The van der Waals surface area contributed by atoms with Gasteiger partial charge in [-0.2, -0.15) is 0 Å². The predicted octanol–water partition coefficient (Wildman–Crippen LogP) is 5.66. The Morgan fingerprint density at radius 3 is 1.47 bits per heavy atom. The second kappa shape index (κ2) is 13.1. The molecule has 0 aliphatic rings. The predicted molar refractivity (Wildman–Crippen MR) is 86.9 cm³/mol. The van der Waals surface area contributed by atoms with Crippen LogP contribution < -0.4 is 0 Å².